The summed E-state index contributed by atoms with van der Waals surface area (Å²) < 4.78 is 0. The lowest BCUT2D eigenvalue weighted by Gasteiger charge is -2.16. The first kappa shape index (κ1) is 19.2. The number of H-pyrrole nitrogens is 1. The average molecular weight is 382 g/mol. The number of nitrogens with one attached hydrogen (secondary N) is 2. The van der Waals surface area contributed by atoms with Gasteiger partial charge in [0, 0.05) is 11.8 Å². The second-order valence-electron chi connectivity index (χ2n) is 6.44. The summed E-state index contributed by atoms with van der Waals surface area (Å²) >= 11 is 1.24. The molecule has 0 aliphatic rings. The topological polar surface area (TPSA) is 74.8 Å². The first-order chi connectivity index (χ1) is 13.1. The fraction of sp³-hybridized carbons (Fsp3) is 0.286. The minimum Gasteiger partial charge on any atom is -0.349 e. The Hall–Kier alpha value is -2.60. The molecule has 5 nitrogen and oxygen atoms in total. The summed E-state index contributed by atoms with van der Waals surface area (Å²) in [5.74, 6) is 0.108. The van der Waals surface area contributed by atoms with Gasteiger partial charge in [-0.3, -0.25) is 9.59 Å². The number of carbonyl (C=O) groups is 1. The van der Waals surface area contributed by atoms with E-state index in [9.17, 15) is 9.59 Å². The van der Waals surface area contributed by atoms with Gasteiger partial charge < -0.3 is 10.3 Å². The fourth-order valence-electron chi connectivity index (χ4n) is 3.06. The van der Waals surface area contributed by atoms with Gasteiger partial charge in [-0.25, -0.2) is 4.98 Å². The Morgan fingerprint density at radius 3 is 2.81 bits per heavy atom. The number of thioether (sulfide) groups is 1. The number of amides is 1. The molecular formula is C21H23N3O2S. The summed E-state index contributed by atoms with van der Waals surface area (Å²) in [6.45, 7) is 4.02. The van der Waals surface area contributed by atoms with Crippen LogP contribution in [0, 0.1) is 0 Å². The van der Waals surface area contributed by atoms with Crippen molar-refractivity contribution in [2.45, 2.75) is 37.9 Å². The summed E-state index contributed by atoms with van der Waals surface area (Å²) in [6, 6.07) is 15.6. The van der Waals surface area contributed by atoms with Gasteiger partial charge in [0.15, 0.2) is 5.16 Å². The zero-order valence-corrected chi connectivity index (χ0v) is 16.3. The monoisotopic (exact) mass is 381 g/mol. The van der Waals surface area contributed by atoms with Crippen LogP contribution >= 0.6 is 11.8 Å². The van der Waals surface area contributed by atoms with E-state index < -0.39 is 0 Å². The van der Waals surface area contributed by atoms with Gasteiger partial charge in [0.05, 0.1) is 11.8 Å². The highest BCUT2D eigenvalue weighted by Gasteiger charge is 2.13. The van der Waals surface area contributed by atoms with Gasteiger partial charge in [-0.15, -0.1) is 0 Å². The largest absolute Gasteiger partial charge is 0.349 e. The van der Waals surface area contributed by atoms with E-state index >= 15 is 0 Å². The zero-order chi connectivity index (χ0) is 19.2. The molecule has 140 valence electrons. The number of hydrogen-bond acceptors (Lipinski definition) is 4. The Kier molecular flexibility index (Phi) is 6.29. The molecule has 1 amide bonds. The Morgan fingerprint density at radius 2 is 2.00 bits per heavy atom. The predicted molar refractivity (Wildman–Crippen MR) is 110 cm³/mol. The molecule has 0 fully saturated rings. The molecule has 2 N–H and O–H groups in total. The number of nitrogens with zero attached hydrogens (tertiary/aromatic N) is 1. The fourth-order valence-corrected chi connectivity index (χ4v) is 3.76. The zero-order valence-electron chi connectivity index (χ0n) is 15.5. The number of aryl methyl sites for hydroxylation is 1. The minimum atomic E-state index is -0.180. The summed E-state index contributed by atoms with van der Waals surface area (Å²) in [7, 11) is 0. The van der Waals surface area contributed by atoms with Crippen molar-refractivity contribution in [3.05, 3.63) is 70.1 Å². The number of benzene rings is 2. The van der Waals surface area contributed by atoms with Gasteiger partial charge in [0.25, 0.3) is 5.56 Å². The molecule has 1 atom stereocenters. The lowest BCUT2D eigenvalue weighted by atomic mass is 10.00. The number of carbonyl (C=O) groups excluding carboxylic acids is 1. The normalized spacial score (nSPS) is 12.1. The summed E-state index contributed by atoms with van der Waals surface area (Å²) in [6.07, 6.45) is 1.67. The number of fused-ring (bicyclic) bond motifs is 1. The number of aromatic amines is 1. The lowest BCUT2D eigenvalue weighted by Crippen LogP contribution is -2.28. The third-order valence-electron chi connectivity index (χ3n) is 4.29. The van der Waals surface area contributed by atoms with Crippen LogP contribution in [0.2, 0.25) is 0 Å². The first-order valence-corrected chi connectivity index (χ1v) is 10.1. The third-order valence-corrected chi connectivity index (χ3v) is 5.16. The molecule has 0 bridgehead atoms. The van der Waals surface area contributed by atoms with Crippen molar-refractivity contribution in [3.63, 3.8) is 0 Å². The van der Waals surface area contributed by atoms with E-state index in [2.05, 4.69) is 33.5 Å². The Bertz CT molecular complexity index is 995. The van der Waals surface area contributed by atoms with Crippen LogP contribution in [-0.4, -0.2) is 21.6 Å². The maximum atomic E-state index is 12.4. The van der Waals surface area contributed by atoms with Gasteiger partial charge in [-0.1, -0.05) is 67.6 Å². The van der Waals surface area contributed by atoms with Crippen LogP contribution in [0.15, 0.2) is 58.5 Å². The van der Waals surface area contributed by atoms with Crippen LogP contribution in [0.3, 0.4) is 0 Å². The van der Waals surface area contributed by atoms with Crippen LogP contribution in [0.1, 0.15) is 37.6 Å². The summed E-state index contributed by atoms with van der Waals surface area (Å²) in [4.78, 5) is 31.2. The Balaban J connectivity index is 1.65. The van der Waals surface area contributed by atoms with E-state index in [1.54, 1.807) is 0 Å². The van der Waals surface area contributed by atoms with Gasteiger partial charge in [-0.2, -0.15) is 0 Å². The van der Waals surface area contributed by atoms with E-state index in [4.69, 9.17) is 0 Å². The van der Waals surface area contributed by atoms with Gasteiger partial charge >= 0.3 is 0 Å². The molecule has 0 radical (unpaired) electrons. The van der Waals surface area contributed by atoms with Gasteiger partial charge in [-0.05, 0) is 29.7 Å². The maximum Gasteiger partial charge on any atom is 0.251 e. The maximum absolute atomic E-state index is 12.4. The molecule has 2 aromatic carbocycles. The van der Waals surface area contributed by atoms with Crippen molar-refractivity contribution in [3.8, 4) is 0 Å². The number of aromatic nitrogens is 2. The summed E-state index contributed by atoms with van der Waals surface area (Å²) in [5, 5.41) is 5.81. The second kappa shape index (κ2) is 8.86. The molecule has 6 heteroatoms. The standard InChI is InChI=1S/C21H23N3O2S/c1-3-7-16-12-19(25)24-21(23-16)27-13-20(26)22-14(2)17-11-6-9-15-8-4-5-10-18(15)17/h4-6,8-12,14H,3,7,13H2,1-2H3,(H,22,26)(H,23,24,25)/t14-/m0/s1. The average Bonchev–Trinajstić information content (AvgIpc) is 2.66. The molecular weight excluding hydrogens is 358 g/mol. The van der Waals surface area contributed by atoms with Crippen LogP contribution in [-0.2, 0) is 11.2 Å². The summed E-state index contributed by atoms with van der Waals surface area (Å²) in [5.41, 5.74) is 1.66. The molecule has 0 saturated heterocycles. The second-order valence-corrected chi connectivity index (χ2v) is 7.40. The van der Waals surface area contributed by atoms with Crippen LogP contribution in [0.5, 0.6) is 0 Å². The highest BCUT2D eigenvalue weighted by atomic mass is 32.2. The molecule has 0 aliphatic carbocycles. The molecule has 3 aromatic rings. The van der Waals surface area contributed by atoms with E-state index in [-0.39, 0.29) is 23.3 Å². The van der Waals surface area contributed by atoms with Crippen LogP contribution < -0.4 is 10.9 Å². The number of hydrogen-bond donors (Lipinski definition) is 2. The molecule has 1 aromatic heterocycles. The minimum absolute atomic E-state index is 0.0935. The van der Waals surface area contributed by atoms with Crippen molar-refractivity contribution >= 4 is 28.4 Å². The van der Waals surface area contributed by atoms with Crippen molar-refractivity contribution in [2.75, 3.05) is 5.75 Å². The van der Waals surface area contributed by atoms with Gasteiger partial charge in [0.1, 0.15) is 0 Å². The SMILES string of the molecule is CCCc1cc(=O)[nH]c(SCC(=O)N[C@@H](C)c2cccc3ccccc23)n1. The van der Waals surface area contributed by atoms with Crippen molar-refractivity contribution in [1.82, 2.24) is 15.3 Å². The number of rotatable bonds is 7. The lowest BCUT2D eigenvalue weighted by molar-refractivity contribution is -0.119. The smallest absolute Gasteiger partial charge is 0.251 e. The molecule has 0 unspecified atom stereocenters. The Labute approximate surface area is 162 Å². The van der Waals surface area contributed by atoms with E-state index in [1.165, 1.54) is 17.8 Å². The van der Waals surface area contributed by atoms with Crippen LogP contribution in [0.25, 0.3) is 10.8 Å². The van der Waals surface area contributed by atoms with Crippen molar-refractivity contribution in [1.29, 1.82) is 0 Å². The molecule has 0 spiro atoms. The molecule has 0 aliphatic heterocycles. The molecule has 0 saturated carbocycles. The van der Waals surface area contributed by atoms with Gasteiger partial charge in [0.2, 0.25) is 5.91 Å². The molecule has 27 heavy (non-hydrogen) atoms. The van der Waals surface area contributed by atoms with Crippen molar-refractivity contribution in [2.24, 2.45) is 0 Å². The Morgan fingerprint density at radius 1 is 1.22 bits per heavy atom. The van der Waals surface area contributed by atoms with E-state index in [1.807, 2.05) is 38.1 Å². The first-order valence-electron chi connectivity index (χ1n) is 9.07. The van der Waals surface area contributed by atoms with Crippen LogP contribution in [0.4, 0.5) is 0 Å². The highest BCUT2D eigenvalue weighted by Crippen LogP contribution is 2.24. The predicted octanol–water partition coefficient (Wildman–Crippen LogP) is 3.85. The van der Waals surface area contributed by atoms with E-state index in [0.717, 1.165) is 34.9 Å². The van der Waals surface area contributed by atoms with Crippen molar-refractivity contribution < 1.29 is 4.79 Å². The quantitative estimate of drug-likeness (QED) is 0.482. The third kappa shape index (κ3) is 4.98. The molecule has 3 rings (SSSR count). The highest BCUT2D eigenvalue weighted by molar-refractivity contribution is 7.99. The molecule has 1 heterocycles. The van der Waals surface area contributed by atoms with E-state index in [0.29, 0.717) is 5.16 Å².